The first-order valence-corrected chi connectivity index (χ1v) is 5.71. The van der Waals surface area contributed by atoms with Crippen LogP contribution in [0.4, 0.5) is 0 Å². The fourth-order valence-electron chi connectivity index (χ4n) is 2.86. The highest BCUT2D eigenvalue weighted by molar-refractivity contribution is 8.00. The second-order valence-electron chi connectivity index (χ2n) is 4.32. The first-order valence-electron chi connectivity index (χ1n) is 4.77. The van der Waals surface area contributed by atoms with Crippen LogP contribution in [0.15, 0.2) is 0 Å². The van der Waals surface area contributed by atoms with Crippen molar-refractivity contribution in [2.45, 2.75) is 48.1 Å². The van der Waals surface area contributed by atoms with E-state index in [9.17, 15) is 0 Å². The van der Waals surface area contributed by atoms with Crippen molar-refractivity contribution in [3.8, 4) is 0 Å². The van der Waals surface area contributed by atoms with E-state index >= 15 is 0 Å². The molecule has 0 aromatic heterocycles. The molecule has 2 heteroatoms. The second-order valence-corrected chi connectivity index (χ2v) is 5.93. The number of hydrogen-bond donors (Lipinski definition) is 1. The third-order valence-electron chi connectivity index (χ3n) is 3.54. The predicted molar refractivity (Wildman–Crippen MR) is 49.0 cm³/mol. The number of thioether (sulfide) groups is 1. The monoisotopic (exact) mass is 169 g/mol. The second kappa shape index (κ2) is 2.17. The largest absolute Gasteiger partial charge is 0.311 e. The molecular formula is C9H15NS. The maximum Gasteiger partial charge on any atom is 0.0214 e. The van der Waals surface area contributed by atoms with Crippen molar-refractivity contribution in [2.75, 3.05) is 6.54 Å². The minimum absolute atomic E-state index is 0.636. The molecule has 0 aromatic carbocycles. The van der Waals surface area contributed by atoms with Gasteiger partial charge < -0.3 is 5.32 Å². The minimum atomic E-state index is 0.636. The molecule has 3 saturated heterocycles. The van der Waals surface area contributed by atoms with Gasteiger partial charge in [-0.25, -0.2) is 0 Å². The zero-order valence-corrected chi connectivity index (χ0v) is 7.62. The molecule has 3 aliphatic rings. The molecule has 3 rings (SSSR count). The Morgan fingerprint density at radius 3 is 2.27 bits per heavy atom. The Labute approximate surface area is 72.3 Å². The molecule has 2 atom stereocenters. The van der Waals surface area contributed by atoms with E-state index < -0.39 is 0 Å². The molecule has 3 heterocycles. The summed E-state index contributed by atoms with van der Waals surface area (Å²) in [6.07, 6.45) is 7.39. The van der Waals surface area contributed by atoms with Crippen LogP contribution in [0.2, 0.25) is 0 Å². The van der Waals surface area contributed by atoms with Gasteiger partial charge in [-0.05, 0) is 38.6 Å². The fourth-order valence-corrected chi connectivity index (χ4v) is 4.78. The summed E-state index contributed by atoms with van der Waals surface area (Å²) >= 11 is 2.26. The van der Waals surface area contributed by atoms with E-state index in [1.54, 1.807) is 0 Å². The highest BCUT2D eigenvalue weighted by atomic mass is 32.2. The Balaban J connectivity index is 1.80. The highest BCUT2D eigenvalue weighted by Crippen LogP contribution is 2.50. The predicted octanol–water partition coefficient (Wildman–Crippen LogP) is 1.78. The zero-order chi connectivity index (χ0) is 7.31. The summed E-state index contributed by atoms with van der Waals surface area (Å²) in [5, 5.41) is 5.68. The van der Waals surface area contributed by atoms with Crippen LogP contribution in [0.1, 0.15) is 32.1 Å². The molecule has 0 aromatic rings. The average Bonchev–Trinajstić information content (AvgIpc) is 2.27. The van der Waals surface area contributed by atoms with Crippen molar-refractivity contribution in [1.29, 1.82) is 0 Å². The molecule has 3 fully saturated rings. The molecule has 2 unspecified atom stereocenters. The summed E-state index contributed by atoms with van der Waals surface area (Å²) in [5.41, 5.74) is 0.636. The SMILES string of the molecule is C1CC2(CC3CCC(C2)S3)N1. The molecule has 0 radical (unpaired) electrons. The first kappa shape index (κ1) is 6.79. The van der Waals surface area contributed by atoms with Gasteiger partial charge in [0, 0.05) is 16.0 Å². The standard InChI is InChI=1S/C9H15NS/c1-2-8-6-9(3-4-10-9)5-7(1)11-8/h7-8,10H,1-6H2. The quantitative estimate of drug-likeness (QED) is 0.593. The Bertz CT molecular complexity index is 162. The van der Waals surface area contributed by atoms with Gasteiger partial charge in [-0.2, -0.15) is 11.8 Å². The summed E-state index contributed by atoms with van der Waals surface area (Å²) in [4.78, 5) is 0. The van der Waals surface area contributed by atoms with Crippen molar-refractivity contribution < 1.29 is 0 Å². The van der Waals surface area contributed by atoms with E-state index in [2.05, 4.69) is 17.1 Å². The van der Waals surface area contributed by atoms with E-state index in [4.69, 9.17) is 0 Å². The lowest BCUT2D eigenvalue weighted by Crippen LogP contribution is -2.60. The van der Waals surface area contributed by atoms with E-state index in [0.717, 1.165) is 10.5 Å². The number of nitrogens with one attached hydrogen (secondary N) is 1. The van der Waals surface area contributed by atoms with Gasteiger partial charge in [0.25, 0.3) is 0 Å². The van der Waals surface area contributed by atoms with Crippen LogP contribution in [0.3, 0.4) is 0 Å². The molecule has 1 nitrogen and oxygen atoms in total. The molecule has 0 saturated carbocycles. The summed E-state index contributed by atoms with van der Waals surface area (Å²) in [5.74, 6) is 0. The van der Waals surface area contributed by atoms with Gasteiger partial charge in [-0.1, -0.05) is 0 Å². The maximum absolute atomic E-state index is 3.65. The molecule has 3 aliphatic heterocycles. The molecule has 1 N–H and O–H groups in total. The minimum Gasteiger partial charge on any atom is -0.311 e. The van der Waals surface area contributed by atoms with Crippen LogP contribution in [-0.4, -0.2) is 22.6 Å². The topological polar surface area (TPSA) is 12.0 Å². The molecule has 0 aliphatic carbocycles. The van der Waals surface area contributed by atoms with E-state index in [-0.39, 0.29) is 0 Å². The third-order valence-corrected chi connectivity index (χ3v) is 5.11. The van der Waals surface area contributed by atoms with Gasteiger partial charge >= 0.3 is 0 Å². The number of hydrogen-bond acceptors (Lipinski definition) is 2. The Morgan fingerprint density at radius 1 is 1.18 bits per heavy atom. The Hall–Kier alpha value is 0.310. The van der Waals surface area contributed by atoms with Crippen LogP contribution in [0.25, 0.3) is 0 Å². The lowest BCUT2D eigenvalue weighted by molar-refractivity contribution is 0.178. The van der Waals surface area contributed by atoms with Gasteiger partial charge in [0.05, 0.1) is 0 Å². The summed E-state index contributed by atoms with van der Waals surface area (Å²) in [6, 6.07) is 0. The summed E-state index contributed by atoms with van der Waals surface area (Å²) in [6.45, 7) is 1.28. The third kappa shape index (κ3) is 0.955. The van der Waals surface area contributed by atoms with Gasteiger partial charge in [-0.3, -0.25) is 0 Å². The van der Waals surface area contributed by atoms with Crippen molar-refractivity contribution in [2.24, 2.45) is 0 Å². The normalized spacial score (nSPS) is 54.5. The van der Waals surface area contributed by atoms with Crippen molar-refractivity contribution >= 4 is 11.8 Å². The molecule has 62 valence electrons. The van der Waals surface area contributed by atoms with Crippen LogP contribution in [0.5, 0.6) is 0 Å². The Kier molecular flexibility index (Phi) is 1.34. The van der Waals surface area contributed by atoms with E-state index in [1.807, 2.05) is 0 Å². The molecule has 11 heavy (non-hydrogen) atoms. The van der Waals surface area contributed by atoms with Gasteiger partial charge in [0.1, 0.15) is 0 Å². The van der Waals surface area contributed by atoms with Crippen molar-refractivity contribution in [3.05, 3.63) is 0 Å². The van der Waals surface area contributed by atoms with Crippen LogP contribution >= 0.6 is 11.8 Å². The number of fused-ring (bicyclic) bond motifs is 2. The van der Waals surface area contributed by atoms with Gasteiger partial charge in [0.15, 0.2) is 0 Å². The molecular weight excluding hydrogens is 154 g/mol. The molecule has 2 bridgehead atoms. The smallest absolute Gasteiger partial charge is 0.0214 e. The number of rotatable bonds is 0. The van der Waals surface area contributed by atoms with Gasteiger partial charge in [-0.15, -0.1) is 0 Å². The summed E-state index contributed by atoms with van der Waals surface area (Å²) in [7, 11) is 0. The van der Waals surface area contributed by atoms with Crippen LogP contribution in [-0.2, 0) is 0 Å². The average molecular weight is 169 g/mol. The van der Waals surface area contributed by atoms with Crippen molar-refractivity contribution in [1.82, 2.24) is 5.32 Å². The first-order chi connectivity index (χ1) is 5.36. The van der Waals surface area contributed by atoms with E-state index in [0.29, 0.717) is 5.54 Å². The summed E-state index contributed by atoms with van der Waals surface area (Å²) < 4.78 is 0. The highest BCUT2D eigenvalue weighted by Gasteiger charge is 2.47. The Morgan fingerprint density at radius 2 is 1.82 bits per heavy atom. The van der Waals surface area contributed by atoms with Crippen LogP contribution in [0, 0.1) is 0 Å². The molecule has 1 spiro atoms. The van der Waals surface area contributed by atoms with E-state index in [1.165, 1.54) is 38.6 Å². The van der Waals surface area contributed by atoms with Crippen LogP contribution < -0.4 is 5.32 Å². The maximum atomic E-state index is 3.65. The lowest BCUT2D eigenvalue weighted by atomic mass is 9.80. The van der Waals surface area contributed by atoms with Gasteiger partial charge in [0.2, 0.25) is 0 Å². The van der Waals surface area contributed by atoms with Crippen molar-refractivity contribution in [3.63, 3.8) is 0 Å². The molecule has 0 amide bonds. The lowest BCUT2D eigenvalue weighted by Gasteiger charge is -2.48. The zero-order valence-electron chi connectivity index (χ0n) is 6.81. The fraction of sp³-hybridized carbons (Fsp3) is 1.00.